The normalized spacial score (nSPS) is 13.0. The van der Waals surface area contributed by atoms with Crippen molar-refractivity contribution in [1.82, 2.24) is 0 Å². The van der Waals surface area contributed by atoms with Gasteiger partial charge in [0, 0.05) is 21.3 Å². The molecule has 0 bridgehead atoms. The Bertz CT molecular complexity index is 193. The van der Waals surface area contributed by atoms with E-state index in [1.807, 2.05) is 0 Å². The summed E-state index contributed by atoms with van der Waals surface area (Å²) in [4.78, 5) is 11.1. The molecule has 0 heterocycles. The van der Waals surface area contributed by atoms with E-state index < -0.39 is 26.8 Å². The third-order valence-electron chi connectivity index (χ3n) is 1.51. The van der Waals surface area contributed by atoms with Gasteiger partial charge in [-0.05, 0) is 0 Å². The van der Waals surface area contributed by atoms with Crippen LogP contribution < -0.4 is 0 Å². The topological polar surface area (TPSA) is 44.8 Å². The van der Waals surface area contributed by atoms with E-state index in [9.17, 15) is 18.0 Å². The van der Waals surface area contributed by atoms with Crippen LogP contribution in [-0.4, -0.2) is 41.7 Å². The number of carbonyl (C=O) groups is 1. The molecule has 0 rings (SSSR count). The van der Waals surface area contributed by atoms with Gasteiger partial charge in [0.25, 0.3) is 0 Å². The van der Waals surface area contributed by atoms with E-state index in [2.05, 4.69) is 13.3 Å². The first kappa shape index (κ1) is 13.6. The van der Waals surface area contributed by atoms with E-state index in [0.29, 0.717) is 0 Å². The molecule has 0 N–H and O–H groups in total. The molecule has 14 heavy (non-hydrogen) atoms. The molecule has 0 aliphatic carbocycles. The van der Waals surface area contributed by atoms with E-state index in [0.717, 1.165) is 21.3 Å². The minimum Gasteiger partial charge on any atom is -0.372 e. The zero-order valence-electron chi connectivity index (χ0n) is 7.97. The lowest BCUT2D eigenvalue weighted by Crippen LogP contribution is -2.52. The maximum absolute atomic E-state index is 11.9. The minimum atomic E-state index is -4.58. The van der Waals surface area contributed by atoms with Gasteiger partial charge in [0.15, 0.2) is 0 Å². The van der Waals surface area contributed by atoms with Crippen molar-refractivity contribution in [2.24, 2.45) is 0 Å². The zero-order valence-corrected chi connectivity index (χ0v) is 8.97. The van der Waals surface area contributed by atoms with Crippen molar-refractivity contribution in [3.63, 3.8) is 0 Å². The van der Waals surface area contributed by atoms with Crippen LogP contribution in [0.25, 0.3) is 0 Å². The highest BCUT2D eigenvalue weighted by molar-refractivity contribution is 6.92. The van der Waals surface area contributed by atoms with Gasteiger partial charge in [-0.25, -0.2) is 0 Å². The largest absolute Gasteiger partial charge is 0.574 e. The number of alkyl halides is 3. The standard InChI is InChI=1S/C6H11F3O4Si/c1-11-14(12-2,13-3)5(10)4-6(7,8)9/h4H2,1-3H3. The van der Waals surface area contributed by atoms with Crippen LogP contribution in [0.15, 0.2) is 0 Å². The molecule has 0 aromatic carbocycles. The van der Waals surface area contributed by atoms with Crippen LogP contribution >= 0.6 is 0 Å². The number of carbonyl (C=O) groups excluding carboxylic acids is 1. The fourth-order valence-electron chi connectivity index (χ4n) is 0.882. The summed E-state index contributed by atoms with van der Waals surface area (Å²) in [5.41, 5.74) is 0. The van der Waals surface area contributed by atoms with Gasteiger partial charge < -0.3 is 13.3 Å². The van der Waals surface area contributed by atoms with Crippen molar-refractivity contribution in [2.75, 3.05) is 21.3 Å². The molecule has 0 saturated carbocycles. The highest BCUT2D eigenvalue weighted by Gasteiger charge is 2.51. The second-order valence-corrected chi connectivity index (χ2v) is 5.28. The predicted octanol–water partition coefficient (Wildman–Crippen LogP) is 0.925. The SMILES string of the molecule is CO[Si](OC)(OC)C(=O)CC(F)(F)F. The molecule has 4 nitrogen and oxygen atoms in total. The monoisotopic (exact) mass is 232 g/mol. The molecule has 0 aromatic rings. The Morgan fingerprint density at radius 1 is 1.14 bits per heavy atom. The van der Waals surface area contributed by atoms with E-state index in [1.165, 1.54) is 0 Å². The third kappa shape index (κ3) is 3.37. The van der Waals surface area contributed by atoms with Gasteiger partial charge in [-0.3, -0.25) is 4.79 Å². The summed E-state index contributed by atoms with van der Waals surface area (Å²) in [7, 11) is -0.559. The summed E-state index contributed by atoms with van der Waals surface area (Å²) < 4.78 is 49.4. The van der Waals surface area contributed by atoms with Crippen molar-refractivity contribution in [3.8, 4) is 0 Å². The van der Waals surface area contributed by atoms with Crippen molar-refractivity contribution in [1.29, 1.82) is 0 Å². The van der Waals surface area contributed by atoms with Gasteiger partial charge in [-0.15, -0.1) is 0 Å². The quantitative estimate of drug-likeness (QED) is 0.661. The molecule has 8 heteroatoms. The first-order valence-electron chi connectivity index (χ1n) is 3.57. The third-order valence-corrected chi connectivity index (χ3v) is 3.98. The molecular formula is C6H11F3O4Si. The highest BCUT2D eigenvalue weighted by Crippen LogP contribution is 2.23. The summed E-state index contributed by atoms with van der Waals surface area (Å²) in [6, 6.07) is 0. The van der Waals surface area contributed by atoms with Crippen LogP contribution in [-0.2, 0) is 18.1 Å². The maximum atomic E-state index is 11.9. The number of rotatable bonds is 5. The average Bonchev–Trinajstić information content (AvgIpc) is 2.05. The van der Waals surface area contributed by atoms with Crippen LogP contribution in [0, 0.1) is 0 Å². The van der Waals surface area contributed by atoms with Crippen LogP contribution in [0.4, 0.5) is 13.2 Å². The molecule has 0 aliphatic rings. The van der Waals surface area contributed by atoms with Gasteiger partial charge in [0.05, 0.1) is 0 Å². The van der Waals surface area contributed by atoms with Crippen molar-refractivity contribution in [2.45, 2.75) is 12.6 Å². The summed E-state index contributed by atoms with van der Waals surface area (Å²) in [5, 5.41) is -1.20. The molecule has 84 valence electrons. The predicted molar refractivity (Wildman–Crippen MR) is 42.5 cm³/mol. The molecule has 0 unspecified atom stereocenters. The number of hydrogen-bond acceptors (Lipinski definition) is 4. The molecule has 0 radical (unpaired) electrons. The van der Waals surface area contributed by atoms with Gasteiger partial charge in [-0.1, -0.05) is 0 Å². The Hall–Kier alpha value is -0.443. The lowest BCUT2D eigenvalue weighted by Gasteiger charge is -2.22. The molecule has 0 amide bonds. The van der Waals surface area contributed by atoms with E-state index in [1.54, 1.807) is 0 Å². The first-order chi connectivity index (χ1) is 6.31. The smallest absolute Gasteiger partial charge is 0.372 e. The van der Waals surface area contributed by atoms with E-state index in [-0.39, 0.29) is 0 Å². The lowest BCUT2D eigenvalue weighted by molar-refractivity contribution is -0.151. The van der Waals surface area contributed by atoms with Crippen LogP contribution in [0.5, 0.6) is 0 Å². The second-order valence-electron chi connectivity index (χ2n) is 2.38. The summed E-state index contributed by atoms with van der Waals surface area (Å²) in [6.07, 6.45) is -6.18. The summed E-state index contributed by atoms with van der Waals surface area (Å²) in [6.45, 7) is 0. The van der Waals surface area contributed by atoms with Gasteiger partial charge in [0.1, 0.15) is 6.42 Å². The number of halogens is 3. The minimum absolute atomic E-state index is 1.08. The fourth-order valence-corrected chi connectivity index (χ4v) is 2.48. The van der Waals surface area contributed by atoms with Crippen molar-refractivity contribution in [3.05, 3.63) is 0 Å². The fraction of sp³-hybridized carbons (Fsp3) is 0.833. The van der Waals surface area contributed by atoms with E-state index in [4.69, 9.17) is 0 Å². The molecule has 0 fully saturated rings. The van der Waals surface area contributed by atoms with Gasteiger partial charge >= 0.3 is 15.0 Å². The molecule has 0 aliphatic heterocycles. The highest BCUT2D eigenvalue weighted by atomic mass is 28.4. The summed E-state index contributed by atoms with van der Waals surface area (Å²) in [5.74, 6) is 0. The van der Waals surface area contributed by atoms with Crippen molar-refractivity contribution >= 4 is 14.2 Å². The lowest BCUT2D eigenvalue weighted by atomic mass is 10.5. The Morgan fingerprint density at radius 3 is 1.71 bits per heavy atom. The Kier molecular flexibility index (Phi) is 4.72. The maximum Gasteiger partial charge on any atom is 0.574 e. The van der Waals surface area contributed by atoms with Gasteiger partial charge in [-0.2, -0.15) is 13.2 Å². The van der Waals surface area contributed by atoms with Crippen LogP contribution in [0.2, 0.25) is 0 Å². The second kappa shape index (κ2) is 4.87. The molecule has 0 aromatic heterocycles. The Labute approximate surface area is 80.3 Å². The first-order valence-corrected chi connectivity index (χ1v) is 5.29. The number of hydrogen-bond donors (Lipinski definition) is 0. The average molecular weight is 232 g/mol. The summed E-state index contributed by atoms with van der Waals surface area (Å²) >= 11 is 0. The van der Waals surface area contributed by atoms with Crippen molar-refractivity contribution < 1.29 is 31.2 Å². The zero-order chi connectivity index (χ0) is 11.4. The Balaban J connectivity index is 4.61. The molecule has 0 spiro atoms. The molecule has 0 atom stereocenters. The van der Waals surface area contributed by atoms with Gasteiger partial charge in [0.2, 0.25) is 5.41 Å². The van der Waals surface area contributed by atoms with Crippen LogP contribution in [0.1, 0.15) is 6.42 Å². The van der Waals surface area contributed by atoms with E-state index >= 15 is 0 Å². The molecular weight excluding hydrogens is 221 g/mol. The van der Waals surface area contributed by atoms with Crippen LogP contribution in [0.3, 0.4) is 0 Å². The molecule has 0 saturated heterocycles. The Morgan fingerprint density at radius 2 is 1.50 bits per heavy atom.